The highest BCUT2D eigenvalue weighted by atomic mass is 16.5. The molecular formula is C16H18N2O4. The van der Waals surface area contributed by atoms with E-state index in [1.54, 1.807) is 6.07 Å². The van der Waals surface area contributed by atoms with Gasteiger partial charge in [0.2, 0.25) is 0 Å². The van der Waals surface area contributed by atoms with Crippen molar-refractivity contribution in [2.24, 2.45) is 0 Å². The van der Waals surface area contributed by atoms with E-state index in [0.29, 0.717) is 18.4 Å². The minimum Gasteiger partial charge on any atom is -0.495 e. The van der Waals surface area contributed by atoms with Crippen molar-refractivity contribution in [3.63, 3.8) is 0 Å². The largest absolute Gasteiger partial charge is 0.495 e. The average molecular weight is 302 g/mol. The van der Waals surface area contributed by atoms with Gasteiger partial charge in [-0.15, -0.1) is 0 Å². The Balaban J connectivity index is 2.71. The molecule has 0 aromatic heterocycles. The van der Waals surface area contributed by atoms with Gasteiger partial charge in [0.05, 0.1) is 24.2 Å². The first-order valence-electron chi connectivity index (χ1n) is 7.08. The lowest BCUT2D eigenvalue weighted by Gasteiger charge is -2.23. The van der Waals surface area contributed by atoms with Crippen LogP contribution in [0.25, 0.3) is 0 Å². The second-order valence-corrected chi connectivity index (χ2v) is 5.39. The van der Waals surface area contributed by atoms with Crippen molar-refractivity contribution < 1.29 is 19.4 Å². The maximum absolute atomic E-state index is 12.1. The Morgan fingerprint density at radius 2 is 1.91 bits per heavy atom. The molecule has 1 saturated carbocycles. The van der Waals surface area contributed by atoms with Gasteiger partial charge in [-0.3, -0.25) is 4.79 Å². The molecule has 2 N–H and O–H groups in total. The predicted octanol–water partition coefficient (Wildman–Crippen LogP) is 2.09. The van der Waals surface area contributed by atoms with Gasteiger partial charge in [0.15, 0.2) is 0 Å². The SMILES string of the molecule is CNC(=O)c1cc(C2(C#N)CCCC2)cc(C(=O)O)c1OC. The Kier molecular flexibility index (Phi) is 4.36. The molecule has 1 aromatic carbocycles. The lowest BCUT2D eigenvalue weighted by Crippen LogP contribution is -2.24. The second-order valence-electron chi connectivity index (χ2n) is 5.39. The van der Waals surface area contributed by atoms with E-state index in [4.69, 9.17) is 4.74 Å². The number of nitrogens with zero attached hydrogens (tertiary/aromatic N) is 1. The van der Waals surface area contributed by atoms with Crippen LogP contribution in [0.1, 0.15) is 52.0 Å². The van der Waals surface area contributed by atoms with E-state index in [2.05, 4.69) is 11.4 Å². The summed E-state index contributed by atoms with van der Waals surface area (Å²) in [5, 5.41) is 21.5. The van der Waals surface area contributed by atoms with Crippen LogP contribution in [-0.2, 0) is 5.41 Å². The van der Waals surface area contributed by atoms with E-state index in [0.717, 1.165) is 12.8 Å². The molecular weight excluding hydrogens is 284 g/mol. The van der Waals surface area contributed by atoms with E-state index in [9.17, 15) is 20.0 Å². The number of carbonyl (C=O) groups is 2. The fourth-order valence-corrected chi connectivity index (χ4v) is 3.03. The molecule has 6 heteroatoms. The van der Waals surface area contributed by atoms with Gasteiger partial charge in [0.1, 0.15) is 11.3 Å². The summed E-state index contributed by atoms with van der Waals surface area (Å²) in [6.07, 6.45) is 3.17. The van der Waals surface area contributed by atoms with Crippen LogP contribution in [0.2, 0.25) is 0 Å². The van der Waals surface area contributed by atoms with Crippen molar-refractivity contribution in [2.75, 3.05) is 14.2 Å². The third-order valence-corrected chi connectivity index (χ3v) is 4.22. The lowest BCUT2D eigenvalue weighted by molar-refractivity contribution is 0.0693. The molecule has 0 unspecified atom stereocenters. The maximum Gasteiger partial charge on any atom is 0.339 e. The predicted molar refractivity (Wildman–Crippen MR) is 79.1 cm³/mol. The zero-order chi connectivity index (χ0) is 16.3. The van der Waals surface area contributed by atoms with E-state index in [1.165, 1.54) is 20.2 Å². The van der Waals surface area contributed by atoms with E-state index < -0.39 is 17.3 Å². The second kappa shape index (κ2) is 6.06. The molecule has 1 aromatic rings. The molecule has 0 saturated heterocycles. The summed E-state index contributed by atoms with van der Waals surface area (Å²) < 4.78 is 5.12. The van der Waals surface area contributed by atoms with Crippen LogP contribution in [0.3, 0.4) is 0 Å². The topological polar surface area (TPSA) is 99.4 Å². The molecule has 0 spiro atoms. The van der Waals surface area contributed by atoms with Crippen molar-refractivity contribution in [3.8, 4) is 11.8 Å². The zero-order valence-corrected chi connectivity index (χ0v) is 12.6. The van der Waals surface area contributed by atoms with Crippen molar-refractivity contribution >= 4 is 11.9 Å². The third-order valence-electron chi connectivity index (χ3n) is 4.22. The summed E-state index contributed by atoms with van der Waals surface area (Å²) in [6, 6.07) is 5.36. The Bertz CT molecular complexity index is 655. The number of rotatable bonds is 4. The van der Waals surface area contributed by atoms with E-state index >= 15 is 0 Å². The first-order valence-corrected chi connectivity index (χ1v) is 7.08. The van der Waals surface area contributed by atoms with E-state index in [1.807, 2.05) is 0 Å². The zero-order valence-electron chi connectivity index (χ0n) is 12.6. The standard InChI is InChI=1S/C16H18N2O4/c1-18-14(19)11-7-10(16(9-17)5-3-4-6-16)8-12(15(20)21)13(11)22-2/h7-8H,3-6H2,1-2H3,(H,18,19)(H,20,21). The fraction of sp³-hybridized carbons (Fsp3) is 0.438. The Morgan fingerprint density at radius 1 is 1.32 bits per heavy atom. The van der Waals surface area contributed by atoms with Crippen molar-refractivity contribution in [1.29, 1.82) is 5.26 Å². The summed E-state index contributed by atoms with van der Waals surface area (Å²) in [5.41, 5.74) is -0.106. The third kappa shape index (κ3) is 2.50. The summed E-state index contributed by atoms with van der Waals surface area (Å²) in [6.45, 7) is 0. The van der Waals surface area contributed by atoms with Crippen LogP contribution < -0.4 is 10.1 Å². The number of nitriles is 1. The average Bonchev–Trinajstić information content (AvgIpc) is 3.02. The van der Waals surface area contributed by atoms with Crippen molar-refractivity contribution in [2.45, 2.75) is 31.1 Å². The smallest absolute Gasteiger partial charge is 0.339 e. The number of carboxylic acid groups (broad SMARTS) is 1. The Hall–Kier alpha value is -2.55. The summed E-state index contributed by atoms with van der Waals surface area (Å²) in [4.78, 5) is 23.6. The van der Waals surface area contributed by atoms with Gasteiger partial charge in [-0.25, -0.2) is 4.79 Å². The van der Waals surface area contributed by atoms with Crippen molar-refractivity contribution in [3.05, 3.63) is 28.8 Å². The Morgan fingerprint density at radius 3 is 2.36 bits per heavy atom. The van der Waals surface area contributed by atoms with Crippen LogP contribution >= 0.6 is 0 Å². The number of aromatic carboxylic acids is 1. The number of amides is 1. The number of benzene rings is 1. The number of carbonyl (C=O) groups excluding carboxylic acids is 1. The molecule has 0 bridgehead atoms. The van der Waals surface area contributed by atoms with E-state index in [-0.39, 0.29) is 16.9 Å². The lowest BCUT2D eigenvalue weighted by atomic mass is 9.79. The molecule has 1 fully saturated rings. The van der Waals surface area contributed by atoms with Gasteiger partial charge >= 0.3 is 5.97 Å². The number of hydrogen-bond acceptors (Lipinski definition) is 4. The van der Waals surface area contributed by atoms with Gasteiger partial charge in [0.25, 0.3) is 5.91 Å². The Labute approximate surface area is 128 Å². The molecule has 1 aliphatic carbocycles. The minimum absolute atomic E-state index is 0.0155. The van der Waals surface area contributed by atoms with Gasteiger partial charge in [-0.1, -0.05) is 12.8 Å². The summed E-state index contributed by atoms with van der Waals surface area (Å²) in [7, 11) is 2.79. The fourth-order valence-electron chi connectivity index (χ4n) is 3.03. The number of carboxylic acids is 1. The molecule has 0 radical (unpaired) electrons. The minimum atomic E-state index is -1.19. The highest BCUT2D eigenvalue weighted by molar-refractivity contribution is 6.02. The van der Waals surface area contributed by atoms with Gasteiger partial charge in [-0.2, -0.15) is 5.26 Å². The number of ether oxygens (including phenoxy) is 1. The van der Waals surface area contributed by atoms with Gasteiger partial charge < -0.3 is 15.2 Å². The first-order chi connectivity index (χ1) is 10.5. The summed E-state index contributed by atoms with van der Waals surface area (Å²) >= 11 is 0. The molecule has 6 nitrogen and oxygen atoms in total. The number of methoxy groups -OCH3 is 1. The molecule has 0 aliphatic heterocycles. The molecule has 116 valence electrons. The highest BCUT2D eigenvalue weighted by Gasteiger charge is 2.38. The van der Waals surface area contributed by atoms with Crippen LogP contribution in [-0.4, -0.2) is 31.1 Å². The molecule has 1 amide bonds. The molecule has 22 heavy (non-hydrogen) atoms. The molecule has 0 heterocycles. The highest BCUT2D eigenvalue weighted by Crippen LogP contribution is 2.42. The van der Waals surface area contributed by atoms with Crippen LogP contribution in [0, 0.1) is 11.3 Å². The normalized spacial score (nSPS) is 15.9. The number of nitrogens with one attached hydrogen (secondary N) is 1. The van der Waals surface area contributed by atoms with Crippen molar-refractivity contribution in [1.82, 2.24) is 5.32 Å². The molecule has 2 rings (SSSR count). The van der Waals surface area contributed by atoms with Crippen LogP contribution in [0.5, 0.6) is 5.75 Å². The molecule has 0 atom stereocenters. The van der Waals surface area contributed by atoms with Crippen LogP contribution in [0.15, 0.2) is 12.1 Å². The molecule has 1 aliphatic rings. The maximum atomic E-state index is 12.1. The quantitative estimate of drug-likeness (QED) is 0.887. The monoisotopic (exact) mass is 302 g/mol. The van der Waals surface area contributed by atoms with Crippen LogP contribution in [0.4, 0.5) is 0 Å². The summed E-state index contributed by atoms with van der Waals surface area (Å²) in [5.74, 6) is -1.61. The first kappa shape index (κ1) is 15.8. The van der Waals surface area contributed by atoms with Gasteiger partial charge in [-0.05, 0) is 30.5 Å². The number of hydrogen-bond donors (Lipinski definition) is 2. The van der Waals surface area contributed by atoms with Gasteiger partial charge in [0, 0.05) is 7.05 Å².